The number of rotatable bonds is 7. The normalized spacial score (nSPS) is 10.9. The maximum atomic E-state index is 12.5. The van der Waals surface area contributed by atoms with Crippen molar-refractivity contribution in [3.05, 3.63) is 35.0 Å². The Labute approximate surface area is 136 Å². The molecule has 0 aliphatic carbocycles. The van der Waals surface area contributed by atoms with Gasteiger partial charge in [0, 0.05) is 30.4 Å². The molecule has 124 valence electrons. The zero-order chi connectivity index (χ0) is 17.0. The smallest absolute Gasteiger partial charge is 0.303 e. The molecular formula is C18H24N2O3. The fourth-order valence-corrected chi connectivity index (χ4v) is 2.94. The predicted octanol–water partition coefficient (Wildman–Crippen LogP) is 3.13. The summed E-state index contributed by atoms with van der Waals surface area (Å²) in [5.41, 5.74) is 3.97. The number of aliphatic carboxylic acids is 1. The van der Waals surface area contributed by atoms with E-state index in [1.807, 2.05) is 18.4 Å². The summed E-state index contributed by atoms with van der Waals surface area (Å²) < 4.78 is 2.02. The van der Waals surface area contributed by atoms with Crippen molar-refractivity contribution in [1.82, 2.24) is 9.88 Å². The van der Waals surface area contributed by atoms with Gasteiger partial charge in [-0.05, 0) is 49.9 Å². The van der Waals surface area contributed by atoms with Crippen LogP contribution in [0.5, 0.6) is 0 Å². The summed E-state index contributed by atoms with van der Waals surface area (Å²) in [4.78, 5) is 23.1. The minimum Gasteiger partial charge on any atom is -0.481 e. The molecule has 1 amide bonds. The van der Waals surface area contributed by atoms with E-state index >= 15 is 0 Å². The maximum Gasteiger partial charge on any atom is 0.303 e. The van der Waals surface area contributed by atoms with Crippen LogP contribution in [0.4, 0.5) is 0 Å². The highest BCUT2D eigenvalue weighted by Gasteiger charge is 2.19. The molecule has 1 heterocycles. The van der Waals surface area contributed by atoms with Crippen LogP contribution < -0.4 is 5.32 Å². The second-order valence-corrected chi connectivity index (χ2v) is 5.68. The van der Waals surface area contributed by atoms with Crippen molar-refractivity contribution in [2.24, 2.45) is 0 Å². The van der Waals surface area contributed by atoms with Crippen LogP contribution in [-0.2, 0) is 17.8 Å². The fraction of sp³-hybridized carbons (Fsp3) is 0.444. The van der Waals surface area contributed by atoms with E-state index in [4.69, 9.17) is 5.11 Å². The number of fused-ring (bicyclic) bond motifs is 1. The molecule has 0 fully saturated rings. The van der Waals surface area contributed by atoms with Crippen molar-refractivity contribution in [3.8, 4) is 0 Å². The number of benzene rings is 1. The van der Waals surface area contributed by atoms with Gasteiger partial charge in [0.15, 0.2) is 0 Å². The molecule has 0 saturated carbocycles. The van der Waals surface area contributed by atoms with Crippen LogP contribution in [0.3, 0.4) is 0 Å². The third kappa shape index (κ3) is 3.55. The van der Waals surface area contributed by atoms with Gasteiger partial charge in [-0.25, -0.2) is 0 Å². The fourth-order valence-electron chi connectivity index (χ4n) is 2.94. The molecule has 2 rings (SSSR count). The highest BCUT2D eigenvalue weighted by molar-refractivity contribution is 6.01. The number of nitrogens with zero attached hydrogens (tertiary/aromatic N) is 1. The highest BCUT2D eigenvalue weighted by Crippen LogP contribution is 2.27. The lowest BCUT2D eigenvalue weighted by Crippen LogP contribution is -2.27. The molecule has 0 saturated heterocycles. The largest absolute Gasteiger partial charge is 0.481 e. The summed E-state index contributed by atoms with van der Waals surface area (Å²) >= 11 is 0. The third-order valence-electron chi connectivity index (χ3n) is 4.17. The predicted molar refractivity (Wildman–Crippen MR) is 90.9 cm³/mol. The van der Waals surface area contributed by atoms with Gasteiger partial charge in [-0.2, -0.15) is 0 Å². The number of aryl methyl sites for hydroxylation is 3. The number of carbonyl (C=O) groups is 2. The van der Waals surface area contributed by atoms with Crippen molar-refractivity contribution in [1.29, 1.82) is 0 Å². The summed E-state index contributed by atoms with van der Waals surface area (Å²) in [5.74, 6) is -0.978. The lowest BCUT2D eigenvalue weighted by Gasteiger charge is -2.09. The monoisotopic (exact) mass is 316 g/mol. The molecule has 0 radical (unpaired) electrons. The Bertz CT molecular complexity index is 731. The van der Waals surface area contributed by atoms with Gasteiger partial charge in [-0.15, -0.1) is 0 Å². The van der Waals surface area contributed by atoms with Crippen LogP contribution in [0.25, 0.3) is 10.9 Å². The van der Waals surface area contributed by atoms with Gasteiger partial charge in [-0.1, -0.05) is 13.0 Å². The molecule has 0 unspecified atom stereocenters. The maximum absolute atomic E-state index is 12.5. The number of carbonyl (C=O) groups excluding carboxylic acids is 1. The summed E-state index contributed by atoms with van der Waals surface area (Å²) in [6.45, 7) is 7.20. The van der Waals surface area contributed by atoms with Gasteiger partial charge < -0.3 is 15.0 Å². The van der Waals surface area contributed by atoms with Crippen LogP contribution in [0.1, 0.15) is 48.3 Å². The van der Waals surface area contributed by atoms with Crippen molar-refractivity contribution in [2.45, 2.75) is 46.6 Å². The minimum absolute atomic E-state index is 0.0654. The molecule has 1 aromatic heterocycles. The number of carboxylic acid groups (broad SMARTS) is 1. The zero-order valence-electron chi connectivity index (χ0n) is 14.0. The van der Waals surface area contributed by atoms with E-state index in [9.17, 15) is 9.59 Å². The topological polar surface area (TPSA) is 71.3 Å². The Morgan fingerprint density at radius 3 is 2.61 bits per heavy atom. The average molecular weight is 316 g/mol. The SMILES string of the molecule is CCc1ccc2c(c1)c(C)c(C(=O)NCCCC(=O)O)n2CC. The molecule has 0 aliphatic rings. The van der Waals surface area contributed by atoms with Gasteiger partial charge in [0.25, 0.3) is 5.91 Å². The van der Waals surface area contributed by atoms with E-state index in [0.717, 1.165) is 22.9 Å². The molecule has 2 N–H and O–H groups in total. The van der Waals surface area contributed by atoms with Crippen LogP contribution in [0.2, 0.25) is 0 Å². The average Bonchev–Trinajstić information content (AvgIpc) is 2.82. The van der Waals surface area contributed by atoms with Gasteiger partial charge >= 0.3 is 5.97 Å². The molecule has 5 nitrogen and oxygen atoms in total. The molecule has 0 atom stereocenters. The lowest BCUT2D eigenvalue weighted by molar-refractivity contribution is -0.137. The molecular weight excluding hydrogens is 292 g/mol. The number of amides is 1. The molecule has 2 aromatic rings. The van der Waals surface area contributed by atoms with Crippen LogP contribution in [-0.4, -0.2) is 28.1 Å². The van der Waals surface area contributed by atoms with Crippen molar-refractivity contribution < 1.29 is 14.7 Å². The molecule has 5 heteroatoms. The number of carboxylic acids is 1. The highest BCUT2D eigenvalue weighted by atomic mass is 16.4. The van der Waals surface area contributed by atoms with E-state index < -0.39 is 5.97 Å². The Morgan fingerprint density at radius 2 is 2.00 bits per heavy atom. The summed E-state index contributed by atoms with van der Waals surface area (Å²) in [6, 6.07) is 6.33. The Hall–Kier alpha value is -2.30. The first-order chi connectivity index (χ1) is 11.0. The zero-order valence-corrected chi connectivity index (χ0v) is 14.0. The molecule has 0 spiro atoms. The molecule has 1 aromatic carbocycles. The van der Waals surface area contributed by atoms with Crippen LogP contribution >= 0.6 is 0 Å². The van der Waals surface area contributed by atoms with E-state index in [2.05, 4.69) is 30.4 Å². The summed E-state index contributed by atoms with van der Waals surface area (Å²) in [7, 11) is 0. The second-order valence-electron chi connectivity index (χ2n) is 5.68. The van der Waals surface area contributed by atoms with E-state index in [1.54, 1.807) is 0 Å². The second kappa shape index (κ2) is 7.31. The van der Waals surface area contributed by atoms with E-state index in [0.29, 0.717) is 25.2 Å². The number of aromatic nitrogens is 1. The van der Waals surface area contributed by atoms with Crippen LogP contribution in [0, 0.1) is 6.92 Å². The first-order valence-corrected chi connectivity index (χ1v) is 8.11. The molecule has 23 heavy (non-hydrogen) atoms. The van der Waals surface area contributed by atoms with Gasteiger partial charge in [0.05, 0.1) is 0 Å². The van der Waals surface area contributed by atoms with Crippen LogP contribution in [0.15, 0.2) is 18.2 Å². The Kier molecular flexibility index (Phi) is 5.42. The first-order valence-electron chi connectivity index (χ1n) is 8.11. The summed E-state index contributed by atoms with van der Waals surface area (Å²) in [6.07, 6.45) is 1.46. The van der Waals surface area contributed by atoms with Crippen molar-refractivity contribution in [2.75, 3.05) is 6.54 Å². The Morgan fingerprint density at radius 1 is 1.26 bits per heavy atom. The molecule has 0 bridgehead atoms. The van der Waals surface area contributed by atoms with Gasteiger partial charge in [0.1, 0.15) is 5.69 Å². The standard InChI is InChI=1S/C18H24N2O3/c1-4-13-8-9-15-14(11-13)12(3)17(20(15)5-2)18(23)19-10-6-7-16(21)22/h8-9,11H,4-7,10H2,1-3H3,(H,19,23)(H,21,22). The lowest BCUT2D eigenvalue weighted by atomic mass is 10.1. The quantitative estimate of drug-likeness (QED) is 0.771. The van der Waals surface area contributed by atoms with E-state index in [-0.39, 0.29) is 12.3 Å². The summed E-state index contributed by atoms with van der Waals surface area (Å²) in [5, 5.41) is 12.6. The Balaban J connectivity index is 2.30. The van der Waals surface area contributed by atoms with Gasteiger partial charge in [0.2, 0.25) is 0 Å². The van der Waals surface area contributed by atoms with Crippen molar-refractivity contribution in [3.63, 3.8) is 0 Å². The van der Waals surface area contributed by atoms with Gasteiger partial charge in [-0.3, -0.25) is 9.59 Å². The minimum atomic E-state index is -0.842. The van der Waals surface area contributed by atoms with Crippen molar-refractivity contribution >= 4 is 22.8 Å². The number of hydrogen-bond donors (Lipinski definition) is 2. The number of hydrogen-bond acceptors (Lipinski definition) is 2. The first kappa shape index (κ1) is 17.1. The number of nitrogens with one attached hydrogen (secondary N) is 1. The third-order valence-corrected chi connectivity index (χ3v) is 4.17. The molecule has 0 aliphatic heterocycles. The van der Waals surface area contributed by atoms with E-state index in [1.165, 1.54) is 5.56 Å².